The van der Waals surface area contributed by atoms with Crippen LogP contribution in [0.25, 0.3) is 11.4 Å². The highest BCUT2D eigenvalue weighted by atomic mass is 16.3. The fraction of sp³-hybridized carbons (Fsp3) is 0.393. The summed E-state index contributed by atoms with van der Waals surface area (Å²) >= 11 is 0. The van der Waals surface area contributed by atoms with Gasteiger partial charge in [-0.3, -0.25) is 4.90 Å². The normalized spacial score (nSPS) is 22.6. The number of benzene rings is 1. The van der Waals surface area contributed by atoms with E-state index in [1.54, 1.807) is 10.9 Å². The smallest absolute Gasteiger partial charge is 0.153 e. The average Bonchev–Trinajstić information content (AvgIpc) is 3.43. The fourth-order valence-corrected chi connectivity index (χ4v) is 5.51. The molecule has 0 spiro atoms. The van der Waals surface area contributed by atoms with Crippen molar-refractivity contribution in [3.63, 3.8) is 0 Å². The number of piperidine rings is 1. The molecule has 34 heavy (non-hydrogen) atoms. The van der Waals surface area contributed by atoms with Crippen LogP contribution in [-0.4, -0.2) is 43.5 Å². The lowest BCUT2D eigenvalue weighted by molar-refractivity contribution is -0.0288. The number of fused-ring (bicyclic) bond motifs is 1. The molecule has 2 atom stereocenters. The molecule has 2 aromatic heterocycles. The van der Waals surface area contributed by atoms with E-state index in [1.807, 2.05) is 32.3 Å². The van der Waals surface area contributed by atoms with Crippen molar-refractivity contribution in [3.8, 4) is 11.9 Å². The predicted octanol–water partition coefficient (Wildman–Crippen LogP) is 4.46. The van der Waals surface area contributed by atoms with Gasteiger partial charge in [0.15, 0.2) is 5.82 Å². The maximum absolute atomic E-state index is 11.3. The van der Waals surface area contributed by atoms with E-state index in [9.17, 15) is 5.11 Å². The average molecular weight is 454 g/mol. The van der Waals surface area contributed by atoms with E-state index in [2.05, 4.69) is 46.7 Å². The van der Waals surface area contributed by atoms with E-state index in [4.69, 9.17) is 5.26 Å². The third kappa shape index (κ3) is 3.96. The molecular weight excluding hydrogens is 422 g/mol. The summed E-state index contributed by atoms with van der Waals surface area (Å²) in [6.45, 7) is 12.7. The largest absolute Gasteiger partial charge is 0.389 e. The Balaban J connectivity index is 1.36. The molecule has 2 aliphatic rings. The van der Waals surface area contributed by atoms with E-state index >= 15 is 0 Å². The van der Waals surface area contributed by atoms with Crippen LogP contribution >= 0.6 is 0 Å². The first-order valence-electron chi connectivity index (χ1n) is 11.9. The van der Waals surface area contributed by atoms with Crippen molar-refractivity contribution in [2.45, 2.75) is 58.1 Å². The summed E-state index contributed by atoms with van der Waals surface area (Å²) in [5.41, 5.74) is 8.34. The minimum absolute atomic E-state index is 0.0540. The lowest BCUT2D eigenvalue weighted by Gasteiger charge is -2.43. The Hall–Kier alpha value is -3.27. The Bertz CT molecular complexity index is 1310. The molecule has 1 saturated heterocycles. The van der Waals surface area contributed by atoms with Crippen LogP contribution in [0.5, 0.6) is 0 Å². The summed E-state index contributed by atoms with van der Waals surface area (Å²) in [7, 11) is 0. The van der Waals surface area contributed by atoms with Crippen molar-refractivity contribution in [1.82, 2.24) is 19.7 Å². The monoisotopic (exact) mass is 453 g/mol. The van der Waals surface area contributed by atoms with Crippen LogP contribution in [0, 0.1) is 25.2 Å². The maximum atomic E-state index is 11.3. The van der Waals surface area contributed by atoms with Crippen LogP contribution in [-0.2, 0) is 13.0 Å². The zero-order valence-corrected chi connectivity index (χ0v) is 20.2. The minimum atomic E-state index is -0.737. The van der Waals surface area contributed by atoms with Crippen molar-refractivity contribution in [1.29, 1.82) is 5.26 Å². The maximum Gasteiger partial charge on any atom is 0.153 e. The molecule has 2 unspecified atom stereocenters. The molecule has 1 aliphatic heterocycles. The number of aliphatic hydroxyl groups is 1. The Labute approximate surface area is 201 Å². The topological polar surface area (TPSA) is 78.0 Å². The second-order valence-corrected chi connectivity index (χ2v) is 10.1. The molecule has 5 rings (SSSR count). The highest BCUT2D eigenvalue weighted by Crippen LogP contribution is 2.42. The molecule has 0 radical (unpaired) electrons. The van der Waals surface area contributed by atoms with Crippen molar-refractivity contribution in [2.24, 2.45) is 0 Å². The Morgan fingerprint density at radius 3 is 2.85 bits per heavy atom. The van der Waals surface area contributed by atoms with Gasteiger partial charge in [-0.05, 0) is 79.5 Å². The van der Waals surface area contributed by atoms with Crippen LogP contribution < -0.4 is 0 Å². The molecule has 6 nitrogen and oxygen atoms in total. The molecule has 1 N–H and O–H groups in total. The third-order valence-corrected chi connectivity index (χ3v) is 7.69. The van der Waals surface area contributed by atoms with E-state index < -0.39 is 5.60 Å². The van der Waals surface area contributed by atoms with Gasteiger partial charge in [-0.25, -0.2) is 9.67 Å². The zero-order chi connectivity index (χ0) is 24.0. The number of rotatable bonds is 4. The number of aromatic nitrogens is 3. The van der Waals surface area contributed by atoms with Gasteiger partial charge in [0.05, 0.1) is 17.4 Å². The molecule has 0 saturated carbocycles. The zero-order valence-electron chi connectivity index (χ0n) is 20.2. The number of hydrogen-bond donors (Lipinski definition) is 1. The van der Waals surface area contributed by atoms with Crippen molar-refractivity contribution in [2.75, 3.05) is 13.1 Å². The van der Waals surface area contributed by atoms with E-state index in [1.165, 1.54) is 27.8 Å². The number of hydrogen-bond acceptors (Lipinski definition) is 5. The summed E-state index contributed by atoms with van der Waals surface area (Å²) in [4.78, 5) is 6.79. The number of allylic oxidation sites excluding steroid dienone is 1. The Kier molecular flexibility index (Phi) is 5.63. The molecular formula is C28H31N5O. The Morgan fingerprint density at radius 2 is 2.09 bits per heavy atom. The van der Waals surface area contributed by atoms with Crippen molar-refractivity contribution < 1.29 is 5.11 Å². The fourth-order valence-electron chi connectivity index (χ4n) is 5.51. The third-order valence-electron chi connectivity index (χ3n) is 7.69. The first kappa shape index (κ1) is 22.5. The van der Waals surface area contributed by atoms with Gasteiger partial charge in [0.1, 0.15) is 6.07 Å². The summed E-state index contributed by atoms with van der Waals surface area (Å²) in [5, 5.41) is 25.0. The molecule has 0 bridgehead atoms. The van der Waals surface area contributed by atoms with Gasteiger partial charge in [0.2, 0.25) is 0 Å². The quantitative estimate of drug-likeness (QED) is 0.631. The second-order valence-electron chi connectivity index (χ2n) is 10.1. The summed E-state index contributed by atoms with van der Waals surface area (Å²) < 4.78 is 1.76. The van der Waals surface area contributed by atoms with Gasteiger partial charge in [-0.2, -0.15) is 10.4 Å². The lowest BCUT2D eigenvalue weighted by Crippen LogP contribution is -2.48. The van der Waals surface area contributed by atoms with Gasteiger partial charge in [-0.15, -0.1) is 0 Å². The van der Waals surface area contributed by atoms with Crippen molar-refractivity contribution >= 4 is 5.57 Å². The van der Waals surface area contributed by atoms with Gasteiger partial charge >= 0.3 is 0 Å². The molecule has 1 aromatic carbocycles. The molecule has 174 valence electrons. The molecule has 0 amide bonds. The highest BCUT2D eigenvalue weighted by molar-refractivity contribution is 5.72. The van der Waals surface area contributed by atoms with E-state index in [0.717, 1.165) is 50.0 Å². The summed E-state index contributed by atoms with van der Waals surface area (Å²) in [6.07, 6.45) is 8.28. The molecule has 1 fully saturated rings. The van der Waals surface area contributed by atoms with Gasteiger partial charge < -0.3 is 5.11 Å². The molecule has 6 heteroatoms. The molecule has 3 aromatic rings. The summed E-state index contributed by atoms with van der Waals surface area (Å²) in [6, 6.07) is 8.46. The predicted molar refractivity (Wildman–Crippen MR) is 133 cm³/mol. The highest BCUT2D eigenvalue weighted by Gasteiger charge is 2.40. The van der Waals surface area contributed by atoms with Gasteiger partial charge in [-0.1, -0.05) is 18.7 Å². The van der Waals surface area contributed by atoms with Crippen LogP contribution in [0.15, 0.2) is 43.4 Å². The van der Waals surface area contributed by atoms with Crippen LogP contribution in [0.2, 0.25) is 0 Å². The first-order chi connectivity index (χ1) is 16.3. The number of pyridine rings is 1. The number of likely N-dealkylation sites (tertiary alicyclic amines) is 1. The van der Waals surface area contributed by atoms with Crippen LogP contribution in [0.3, 0.4) is 0 Å². The number of nitrogens with zero attached hydrogens (tertiary/aromatic N) is 5. The van der Waals surface area contributed by atoms with Crippen LogP contribution in [0.4, 0.5) is 0 Å². The van der Waals surface area contributed by atoms with Gasteiger partial charge in [0.25, 0.3) is 0 Å². The summed E-state index contributed by atoms with van der Waals surface area (Å²) in [5.74, 6) is 0.760. The van der Waals surface area contributed by atoms with Crippen molar-refractivity contribution in [3.05, 3.63) is 82.3 Å². The Morgan fingerprint density at radius 1 is 1.26 bits per heavy atom. The molecule has 3 heterocycles. The molecule has 1 aliphatic carbocycles. The van der Waals surface area contributed by atoms with Crippen LogP contribution in [0.1, 0.15) is 64.6 Å². The van der Waals surface area contributed by atoms with E-state index in [-0.39, 0.29) is 5.92 Å². The standard InChI is InChI=1S/C28H31N5O/c1-18-5-6-24-20(3)25(8-7-23(18)24)26-17-32(10-9-28(26,4)34)15-21-13-31-33(16-21)27-11-19(2)22(12-29)14-30-27/h7-8,11,13-14,16,26,34H,1,5-6,9-10,15,17H2,2-4H3. The number of nitriles is 1. The minimum Gasteiger partial charge on any atom is -0.389 e. The second kappa shape index (κ2) is 8.50. The van der Waals surface area contributed by atoms with Gasteiger partial charge in [0, 0.05) is 43.5 Å². The first-order valence-corrected chi connectivity index (χ1v) is 11.9. The van der Waals surface area contributed by atoms with E-state index in [0.29, 0.717) is 11.4 Å². The SMILES string of the molecule is C=C1CCc2c1ccc(C1CN(Cc3cnn(-c4cc(C)c(C#N)cn4)c3)CCC1(C)O)c2C. The lowest BCUT2D eigenvalue weighted by atomic mass is 9.75. The number of aryl methyl sites for hydroxylation is 1.